The molecule has 1 N–H and O–H groups in total. The van der Waals surface area contributed by atoms with Crippen molar-refractivity contribution in [3.8, 4) is 0 Å². The normalized spacial score (nSPS) is 36.7. The fourth-order valence-corrected chi connectivity index (χ4v) is 3.67. The van der Waals surface area contributed by atoms with Gasteiger partial charge in [0.15, 0.2) is 5.60 Å². The molecule has 0 radical (unpaired) electrons. The van der Waals surface area contributed by atoms with Crippen LogP contribution in [-0.4, -0.2) is 34.6 Å². The summed E-state index contributed by atoms with van der Waals surface area (Å²) in [6.07, 6.45) is -4.37. The van der Waals surface area contributed by atoms with Crippen molar-refractivity contribution >= 4 is 5.97 Å². The van der Waals surface area contributed by atoms with Gasteiger partial charge in [0.25, 0.3) is 0 Å². The number of carbonyl (C=O) groups excluding carboxylic acids is 1. The lowest BCUT2D eigenvalue weighted by atomic mass is 9.76. The molecule has 0 amide bonds. The lowest BCUT2D eigenvalue weighted by Crippen LogP contribution is -2.51. The SMILES string of the molecule is CCC(C)(F)C(=O)OC1CC2CC1CC2C(C)(O)C(F)(F)F. The highest BCUT2D eigenvalue weighted by Gasteiger charge is 2.62. The smallest absolute Gasteiger partial charge is 0.417 e. The fraction of sp³-hybridized carbons (Fsp3) is 0.933. The van der Waals surface area contributed by atoms with Crippen LogP contribution in [0.2, 0.25) is 0 Å². The summed E-state index contributed by atoms with van der Waals surface area (Å²) >= 11 is 0. The highest BCUT2D eigenvalue weighted by molar-refractivity contribution is 5.79. The maximum atomic E-state index is 13.9. The van der Waals surface area contributed by atoms with E-state index in [0.29, 0.717) is 6.42 Å². The molecule has 2 rings (SSSR count). The first-order valence-electron chi connectivity index (χ1n) is 7.59. The molecular weight excluding hydrogens is 304 g/mol. The molecule has 0 spiro atoms. The predicted molar refractivity (Wildman–Crippen MR) is 70.7 cm³/mol. The van der Waals surface area contributed by atoms with Crippen molar-refractivity contribution in [2.75, 3.05) is 0 Å². The van der Waals surface area contributed by atoms with Crippen LogP contribution in [0.4, 0.5) is 17.6 Å². The molecule has 6 unspecified atom stereocenters. The number of halogens is 4. The molecule has 2 saturated carbocycles. The Bertz CT molecular complexity index is 445. The first kappa shape index (κ1) is 17.5. The number of rotatable bonds is 4. The van der Waals surface area contributed by atoms with Gasteiger partial charge in [-0.15, -0.1) is 0 Å². The first-order valence-corrected chi connectivity index (χ1v) is 7.59. The van der Waals surface area contributed by atoms with Gasteiger partial charge in [-0.3, -0.25) is 0 Å². The maximum absolute atomic E-state index is 13.9. The van der Waals surface area contributed by atoms with E-state index in [1.165, 1.54) is 6.92 Å². The van der Waals surface area contributed by atoms with Crippen molar-refractivity contribution in [1.82, 2.24) is 0 Å². The number of esters is 1. The molecule has 2 bridgehead atoms. The van der Waals surface area contributed by atoms with E-state index in [9.17, 15) is 27.5 Å². The average molecular weight is 326 g/mol. The Morgan fingerprint density at radius 2 is 1.73 bits per heavy atom. The van der Waals surface area contributed by atoms with Crippen LogP contribution >= 0.6 is 0 Å². The molecule has 0 aliphatic heterocycles. The number of hydrogen-bond acceptors (Lipinski definition) is 3. The quantitative estimate of drug-likeness (QED) is 0.636. The van der Waals surface area contributed by atoms with Gasteiger partial charge in [0.1, 0.15) is 6.10 Å². The van der Waals surface area contributed by atoms with E-state index < -0.39 is 35.4 Å². The van der Waals surface area contributed by atoms with Crippen molar-refractivity contribution in [3.05, 3.63) is 0 Å². The van der Waals surface area contributed by atoms with E-state index in [1.807, 2.05) is 0 Å². The van der Waals surface area contributed by atoms with Crippen LogP contribution in [-0.2, 0) is 9.53 Å². The van der Waals surface area contributed by atoms with E-state index >= 15 is 0 Å². The van der Waals surface area contributed by atoms with Crippen LogP contribution in [0.1, 0.15) is 46.5 Å². The standard InChI is InChI=1S/C15H22F4O3/c1-4-13(2,16)12(20)22-11-7-8-5-9(11)6-10(8)14(3,21)15(17,18)19/h8-11,21H,4-7H2,1-3H3. The summed E-state index contributed by atoms with van der Waals surface area (Å²) in [7, 11) is 0. The second-order valence-corrected chi connectivity index (χ2v) is 6.97. The van der Waals surface area contributed by atoms with E-state index in [0.717, 1.165) is 13.8 Å². The second kappa shape index (κ2) is 5.35. The molecule has 0 heterocycles. The Kier molecular flexibility index (Phi) is 4.26. The Morgan fingerprint density at radius 1 is 1.14 bits per heavy atom. The lowest BCUT2D eigenvalue weighted by molar-refractivity contribution is -0.278. The maximum Gasteiger partial charge on any atom is 0.417 e. The third-order valence-electron chi connectivity index (χ3n) is 5.44. The summed E-state index contributed by atoms with van der Waals surface area (Å²) < 4.78 is 57.8. The summed E-state index contributed by atoms with van der Waals surface area (Å²) in [6, 6.07) is 0. The number of aliphatic hydroxyl groups is 1. The molecule has 0 aromatic carbocycles. The molecule has 128 valence electrons. The van der Waals surface area contributed by atoms with E-state index in [-0.39, 0.29) is 31.1 Å². The number of fused-ring (bicyclic) bond motifs is 2. The largest absolute Gasteiger partial charge is 0.460 e. The minimum atomic E-state index is -4.69. The molecule has 2 aliphatic rings. The molecular formula is C15H22F4O3. The van der Waals surface area contributed by atoms with Crippen molar-refractivity contribution in [2.24, 2.45) is 17.8 Å². The number of carbonyl (C=O) groups is 1. The van der Waals surface area contributed by atoms with Gasteiger partial charge < -0.3 is 9.84 Å². The van der Waals surface area contributed by atoms with Crippen LogP contribution in [0.5, 0.6) is 0 Å². The molecule has 0 aromatic rings. The zero-order chi connectivity index (χ0) is 16.9. The highest BCUT2D eigenvalue weighted by atomic mass is 19.4. The number of alkyl halides is 4. The number of ether oxygens (including phenoxy) is 1. The Morgan fingerprint density at radius 3 is 2.14 bits per heavy atom. The van der Waals surface area contributed by atoms with Crippen LogP contribution in [0.15, 0.2) is 0 Å². The summed E-state index contributed by atoms with van der Waals surface area (Å²) in [5.41, 5.74) is -4.81. The van der Waals surface area contributed by atoms with E-state index in [1.54, 1.807) is 0 Å². The second-order valence-electron chi connectivity index (χ2n) is 6.97. The lowest BCUT2D eigenvalue weighted by Gasteiger charge is -2.38. The average Bonchev–Trinajstić information content (AvgIpc) is 2.97. The fourth-order valence-electron chi connectivity index (χ4n) is 3.67. The van der Waals surface area contributed by atoms with Gasteiger partial charge in [0.2, 0.25) is 5.67 Å². The zero-order valence-electron chi connectivity index (χ0n) is 12.9. The van der Waals surface area contributed by atoms with Gasteiger partial charge in [0, 0.05) is 0 Å². The van der Waals surface area contributed by atoms with Crippen LogP contribution in [0, 0.1) is 17.8 Å². The highest BCUT2D eigenvalue weighted by Crippen LogP contribution is 2.56. The van der Waals surface area contributed by atoms with Gasteiger partial charge in [-0.05, 0) is 57.3 Å². The summed E-state index contributed by atoms with van der Waals surface area (Å²) in [4.78, 5) is 11.7. The minimum absolute atomic E-state index is 0.0158. The Balaban J connectivity index is 2.00. The summed E-state index contributed by atoms with van der Waals surface area (Å²) in [5, 5.41) is 9.82. The molecule has 22 heavy (non-hydrogen) atoms. The van der Waals surface area contributed by atoms with Crippen molar-refractivity contribution in [3.63, 3.8) is 0 Å². The van der Waals surface area contributed by atoms with Gasteiger partial charge >= 0.3 is 12.1 Å². The summed E-state index contributed by atoms with van der Waals surface area (Å²) in [5.74, 6) is -2.44. The van der Waals surface area contributed by atoms with E-state index in [2.05, 4.69) is 0 Å². The summed E-state index contributed by atoms with van der Waals surface area (Å²) in [6.45, 7) is 3.47. The van der Waals surface area contributed by atoms with Crippen molar-refractivity contribution in [2.45, 2.75) is 70.0 Å². The number of hydrogen-bond donors (Lipinski definition) is 1. The Labute approximate surface area is 127 Å². The van der Waals surface area contributed by atoms with E-state index in [4.69, 9.17) is 4.74 Å². The van der Waals surface area contributed by atoms with Gasteiger partial charge in [-0.25, -0.2) is 9.18 Å². The monoisotopic (exact) mass is 326 g/mol. The van der Waals surface area contributed by atoms with Crippen molar-refractivity contribution < 1.29 is 32.2 Å². The molecule has 3 nitrogen and oxygen atoms in total. The molecule has 2 aliphatic carbocycles. The first-order chi connectivity index (χ1) is 9.90. The Hall–Kier alpha value is -0.850. The van der Waals surface area contributed by atoms with Crippen LogP contribution in [0.3, 0.4) is 0 Å². The third kappa shape index (κ3) is 2.84. The predicted octanol–water partition coefficient (Wildman–Crippen LogP) is 3.40. The topological polar surface area (TPSA) is 46.5 Å². The zero-order valence-corrected chi connectivity index (χ0v) is 12.9. The van der Waals surface area contributed by atoms with Crippen LogP contribution in [0.25, 0.3) is 0 Å². The van der Waals surface area contributed by atoms with Gasteiger partial charge in [-0.1, -0.05) is 6.92 Å². The third-order valence-corrected chi connectivity index (χ3v) is 5.44. The van der Waals surface area contributed by atoms with Gasteiger partial charge in [-0.2, -0.15) is 13.2 Å². The molecule has 7 heteroatoms. The van der Waals surface area contributed by atoms with Crippen LogP contribution < -0.4 is 0 Å². The molecule has 0 saturated heterocycles. The minimum Gasteiger partial charge on any atom is -0.460 e. The molecule has 6 atom stereocenters. The van der Waals surface area contributed by atoms with Crippen molar-refractivity contribution in [1.29, 1.82) is 0 Å². The molecule has 0 aromatic heterocycles. The molecule has 2 fully saturated rings. The van der Waals surface area contributed by atoms with Gasteiger partial charge in [0.05, 0.1) is 0 Å².